The molecule has 6 nitrogen and oxygen atoms in total. The average Bonchev–Trinajstić information content (AvgIpc) is 3.42. The van der Waals surface area contributed by atoms with Gasteiger partial charge >= 0.3 is 0 Å². The number of hydrogen-bond acceptors (Lipinski definition) is 4. The van der Waals surface area contributed by atoms with E-state index in [0.29, 0.717) is 69.8 Å². The van der Waals surface area contributed by atoms with Crippen LogP contribution >= 0.6 is 0 Å². The molecular formula is C33H42F3N3O3. The summed E-state index contributed by atoms with van der Waals surface area (Å²) in [5.74, 6) is -2.38. The molecular weight excluding hydrogens is 543 g/mol. The number of hydrogen-bond donors (Lipinski definition) is 1. The summed E-state index contributed by atoms with van der Waals surface area (Å²) in [6.07, 6.45) is 3.77. The van der Waals surface area contributed by atoms with Crippen LogP contribution < -0.4 is 5.32 Å². The van der Waals surface area contributed by atoms with Crippen molar-refractivity contribution in [3.05, 3.63) is 70.0 Å². The number of piperidine rings is 1. The zero-order valence-electron chi connectivity index (χ0n) is 24.8. The van der Waals surface area contributed by atoms with Gasteiger partial charge in [-0.05, 0) is 79.3 Å². The largest absolute Gasteiger partial charge is 0.381 e. The van der Waals surface area contributed by atoms with Crippen LogP contribution in [0, 0.1) is 30.3 Å². The fourth-order valence-corrected chi connectivity index (χ4v) is 7.22. The van der Waals surface area contributed by atoms with Crippen LogP contribution in [0.15, 0.2) is 30.3 Å². The highest BCUT2D eigenvalue weighted by atomic mass is 19.1. The number of amides is 2. The summed E-state index contributed by atoms with van der Waals surface area (Å²) >= 11 is 0. The highest BCUT2D eigenvalue weighted by molar-refractivity contribution is 5.81. The molecule has 3 aliphatic heterocycles. The van der Waals surface area contributed by atoms with E-state index in [2.05, 4.69) is 10.2 Å². The van der Waals surface area contributed by atoms with Crippen LogP contribution in [0.1, 0.15) is 86.1 Å². The molecule has 2 aromatic carbocycles. The molecule has 3 aliphatic rings. The van der Waals surface area contributed by atoms with Crippen molar-refractivity contribution < 1.29 is 27.5 Å². The van der Waals surface area contributed by atoms with E-state index < -0.39 is 17.6 Å². The van der Waals surface area contributed by atoms with Crippen LogP contribution in [-0.2, 0) is 14.3 Å². The third-order valence-electron chi connectivity index (χ3n) is 9.51. The van der Waals surface area contributed by atoms with Gasteiger partial charge < -0.3 is 15.0 Å². The highest BCUT2D eigenvalue weighted by Gasteiger charge is 2.44. The van der Waals surface area contributed by atoms with Crippen molar-refractivity contribution in [3.63, 3.8) is 0 Å². The van der Waals surface area contributed by atoms with E-state index in [9.17, 15) is 18.4 Å². The lowest BCUT2D eigenvalue weighted by Crippen LogP contribution is -2.44. The second-order valence-electron chi connectivity index (χ2n) is 12.2. The Hall–Kier alpha value is -2.91. The molecule has 3 heterocycles. The molecule has 0 aliphatic carbocycles. The van der Waals surface area contributed by atoms with Gasteiger partial charge in [-0.2, -0.15) is 0 Å². The Labute approximate surface area is 246 Å². The SMILES string of the molecule is CC[C@H](NC(C)=O)c1cc(C)c(F)cc1C1CCN(C(=O)C2CN(C3CCOCC3)C[C@H]2c2ccc(F)cc2F)CC1. The minimum atomic E-state index is -0.629. The Morgan fingerprint density at radius 1 is 0.976 bits per heavy atom. The standard InChI is InChI=1S/C33H42F3N3O3/c1-4-32(37-21(3)40)27-15-20(2)30(35)17-26(27)22-7-11-38(12-8-22)33(41)29-19-39(24-9-13-42-14-10-24)18-28(29)25-6-5-23(34)16-31(25)36/h5-6,15-17,22,24,28-29,32H,4,7-14,18-19H2,1-3H3,(H,37,40)/t28-,29?,32-/m0/s1. The minimum Gasteiger partial charge on any atom is -0.381 e. The fraction of sp³-hybridized carbons (Fsp3) is 0.576. The second-order valence-corrected chi connectivity index (χ2v) is 12.2. The van der Waals surface area contributed by atoms with Crippen LogP contribution in [-0.4, -0.2) is 67.0 Å². The molecule has 228 valence electrons. The summed E-state index contributed by atoms with van der Waals surface area (Å²) in [6, 6.07) is 7.18. The summed E-state index contributed by atoms with van der Waals surface area (Å²) < 4.78 is 49.1. The Morgan fingerprint density at radius 3 is 2.33 bits per heavy atom. The summed E-state index contributed by atoms with van der Waals surface area (Å²) in [4.78, 5) is 30.1. The predicted octanol–water partition coefficient (Wildman–Crippen LogP) is 5.60. The lowest BCUT2D eigenvalue weighted by molar-refractivity contribution is -0.136. The van der Waals surface area contributed by atoms with E-state index in [1.807, 2.05) is 17.9 Å². The molecule has 3 saturated heterocycles. The maximum atomic E-state index is 15.0. The lowest BCUT2D eigenvalue weighted by Gasteiger charge is -2.36. The summed E-state index contributed by atoms with van der Waals surface area (Å²) in [5.41, 5.74) is 2.76. The molecule has 5 rings (SSSR count). The number of aryl methyl sites for hydroxylation is 1. The van der Waals surface area contributed by atoms with Crippen molar-refractivity contribution in [2.24, 2.45) is 5.92 Å². The number of ether oxygens (including phenoxy) is 1. The van der Waals surface area contributed by atoms with Crippen LogP contribution in [0.4, 0.5) is 13.2 Å². The predicted molar refractivity (Wildman–Crippen MR) is 155 cm³/mol. The number of rotatable bonds is 7. The molecule has 9 heteroatoms. The van der Waals surface area contributed by atoms with E-state index in [0.717, 1.165) is 30.0 Å². The molecule has 42 heavy (non-hydrogen) atoms. The normalized spacial score (nSPS) is 23.2. The van der Waals surface area contributed by atoms with Gasteiger partial charge in [0.05, 0.1) is 12.0 Å². The minimum absolute atomic E-state index is 0.00303. The van der Waals surface area contributed by atoms with Gasteiger partial charge in [0.25, 0.3) is 0 Å². The zero-order valence-corrected chi connectivity index (χ0v) is 24.8. The first kappa shape index (κ1) is 30.5. The van der Waals surface area contributed by atoms with Crippen molar-refractivity contribution >= 4 is 11.8 Å². The molecule has 2 aromatic rings. The number of likely N-dealkylation sites (tertiary alicyclic amines) is 2. The number of carbonyl (C=O) groups excluding carboxylic acids is 2. The van der Waals surface area contributed by atoms with E-state index in [1.54, 1.807) is 13.0 Å². The third-order valence-corrected chi connectivity index (χ3v) is 9.51. The molecule has 1 unspecified atom stereocenters. The summed E-state index contributed by atoms with van der Waals surface area (Å²) in [6.45, 7) is 8.67. The van der Waals surface area contributed by atoms with Crippen LogP contribution in [0.5, 0.6) is 0 Å². The topological polar surface area (TPSA) is 61.9 Å². The van der Waals surface area contributed by atoms with Crippen molar-refractivity contribution in [1.82, 2.24) is 15.1 Å². The third kappa shape index (κ3) is 6.52. The molecule has 0 radical (unpaired) electrons. The molecule has 0 saturated carbocycles. The number of nitrogens with one attached hydrogen (secondary N) is 1. The lowest BCUT2D eigenvalue weighted by atomic mass is 9.82. The first-order valence-corrected chi connectivity index (χ1v) is 15.3. The number of nitrogens with zero attached hydrogens (tertiary/aromatic N) is 2. The van der Waals surface area contributed by atoms with E-state index in [4.69, 9.17) is 4.74 Å². The van der Waals surface area contributed by atoms with Crippen molar-refractivity contribution in [2.75, 3.05) is 39.4 Å². The fourth-order valence-electron chi connectivity index (χ4n) is 7.22. The molecule has 0 spiro atoms. The van der Waals surface area contributed by atoms with Gasteiger partial charge in [0.1, 0.15) is 17.5 Å². The van der Waals surface area contributed by atoms with Crippen molar-refractivity contribution in [1.29, 1.82) is 0 Å². The van der Waals surface area contributed by atoms with Crippen LogP contribution in [0.25, 0.3) is 0 Å². The Balaban J connectivity index is 1.34. The van der Waals surface area contributed by atoms with Crippen LogP contribution in [0.3, 0.4) is 0 Å². The summed E-state index contributed by atoms with van der Waals surface area (Å²) in [7, 11) is 0. The van der Waals surface area contributed by atoms with Crippen molar-refractivity contribution in [2.45, 2.75) is 76.8 Å². The molecule has 1 N–H and O–H groups in total. The van der Waals surface area contributed by atoms with Gasteiger partial charge in [-0.1, -0.05) is 19.1 Å². The Kier molecular flexibility index (Phi) is 9.57. The molecule has 0 aromatic heterocycles. The first-order valence-electron chi connectivity index (χ1n) is 15.3. The number of benzene rings is 2. The van der Waals surface area contributed by atoms with Gasteiger partial charge in [-0.15, -0.1) is 0 Å². The Bertz CT molecular complexity index is 1290. The number of halogens is 3. The van der Waals surface area contributed by atoms with Crippen LogP contribution in [0.2, 0.25) is 0 Å². The monoisotopic (exact) mass is 585 g/mol. The quantitative estimate of drug-likeness (QED) is 0.460. The maximum Gasteiger partial charge on any atom is 0.227 e. The van der Waals surface area contributed by atoms with Gasteiger partial charge in [0.2, 0.25) is 11.8 Å². The average molecular weight is 586 g/mol. The first-order chi connectivity index (χ1) is 20.2. The van der Waals surface area contributed by atoms with Gasteiger partial charge in [-0.3, -0.25) is 14.5 Å². The molecule has 2 amide bonds. The maximum absolute atomic E-state index is 15.0. The second kappa shape index (κ2) is 13.2. The van der Waals surface area contributed by atoms with E-state index >= 15 is 4.39 Å². The Morgan fingerprint density at radius 2 is 1.69 bits per heavy atom. The number of carbonyl (C=O) groups is 2. The highest BCUT2D eigenvalue weighted by Crippen LogP contribution is 2.40. The molecule has 3 atom stereocenters. The molecule has 0 bridgehead atoms. The zero-order chi connectivity index (χ0) is 30.0. The van der Waals surface area contributed by atoms with Gasteiger partial charge in [0, 0.05) is 64.3 Å². The smallest absolute Gasteiger partial charge is 0.227 e. The van der Waals surface area contributed by atoms with Gasteiger partial charge in [0.15, 0.2) is 0 Å². The van der Waals surface area contributed by atoms with Gasteiger partial charge in [-0.25, -0.2) is 13.2 Å². The van der Waals surface area contributed by atoms with Crippen molar-refractivity contribution in [3.8, 4) is 0 Å². The van der Waals surface area contributed by atoms with E-state index in [1.165, 1.54) is 19.1 Å². The summed E-state index contributed by atoms with van der Waals surface area (Å²) in [5, 5.41) is 3.00. The van der Waals surface area contributed by atoms with E-state index in [-0.39, 0.29) is 41.6 Å². The molecule has 3 fully saturated rings.